The van der Waals surface area contributed by atoms with Crippen molar-refractivity contribution in [1.82, 2.24) is 10.2 Å². The maximum Gasteiger partial charge on any atom is 0.225 e. The molecular formula is C14H26N2O4. The lowest BCUT2D eigenvalue weighted by Crippen LogP contribution is -2.42. The van der Waals surface area contributed by atoms with Crippen molar-refractivity contribution >= 4 is 11.8 Å². The number of hydrogen-bond acceptors (Lipinski definition) is 4. The van der Waals surface area contributed by atoms with Crippen LogP contribution in [0.4, 0.5) is 0 Å². The second-order valence-corrected chi connectivity index (χ2v) is 5.77. The van der Waals surface area contributed by atoms with Gasteiger partial charge in [0.1, 0.15) is 0 Å². The molecule has 0 spiro atoms. The highest BCUT2D eigenvalue weighted by atomic mass is 16.5. The summed E-state index contributed by atoms with van der Waals surface area (Å²) in [5.41, 5.74) is 0. The van der Waals surface area contributed by atoms with Gasteiger partial charge in [0.15, 0.2) is 0 Å². The lowest BCUT2D eigenvalue weighted by Gasteiger charge is -2.21. The molecule has 0 aromatic rings. The predicted octanol–water partition coefficient (Wildman–Crippen LogP) is 0.00450. The van der Waals surface area contributed by atoms with Crippen LogP contribution in [0.3, 0.4) is 0 Å². The fourth-order valence-corrected chi connectivity index (χ4v) is 2.44. The molecule has 2 N–H and O–H groups in total. The molecule has 0 aromatic carbocycles. The minimum absolute atomic E-state index is 0.00260. The molecule has 2 unspecified atom stereocenters. The molecule has 1 fully saturated rings. The Morgan fingerprint density at radius 1 is 1.55 bits per heavy atom. The molecule has 2 atom stereocenters. The number of aliphatic hydroxyl groups excluding tert-OH is 1. The fourth-order valence-electron chi connectivity index (χ4n) is 2.44. The summed E-state index contributed by atoms with van der Waals surface area (Å²) in [6, 6.07) is -0.202. The first-order valence-electron chi connectivity index (χ1n) is 7.15. The van der Waals surface area contributed by atoms with E-state index in [4.69, 9.17) is 9.84 Å². The van der Waals surface area contributed by atoms with E-state index in [1.165, 1.54) is 0 Å². The Balaban J connectivity index is 2.49. The van der Waals surface area contributed by atoms with Crippen LogP contribution in [-0.2, 0) is 14.3 Å². The zero-order valence-electron chi connectivity index (χ0n) is 12.6. The van der Waals surface area contributed by atoms with Gasteiger partial charge in [-0.05, 0) is 12.3 Å². The van der Waals surface area contributed by atoms with Crippen molar-refractivity contribution in [2.45, 2.75) is 32.7 Å². The number of carbonyl (C=O) groups excluding carboxylic acids is 2. The molecule has 0 radical (unpaired) electrons. The number of amides is 2. The van der Waals surface area contributed by atoms with E-state index in [0.29, 0.717) is 32.0 Å². The second-order valence-electron chi connectivity index (χ2n) is 5.77. The van der Waals surface area contributed by atoms with Crippen LogP contribution in [-0.4, -0.2) is 61.3 Å². The molecule has 1 saturated heterocycles. The van der Waals surface area contributed by atoms with Crippen molar-refractivity contribution < 1.29 is 19.4 Å². The van der Waals surface area contributed by atoms with Gasteiger partial charge >= 0.3 is 0 Å². The van der Waals surface area contributed by atoms with Crippen molar-refractivity contribution in [3.63, 3.8) is 0 Å². The predicted molar refractivity (Wildman–Crippen MR) is 75.0 cm³/mol. The smallest absolute Gasteiger partial charge is 0.225 e. The molecule has 6 heteroatoms. The van der Waals surface area contributed by atoms with Gasteiger partial charge in [0.25, 0.3) is 0 Å². The zero-order chi connectivity index (χ0) is 15.1. The number of hydrogen-bond donors (Lipinski definition) is 2. The van der Waals surface area contributed by atoms with Crippen molar-refractivity contribution in [2.24, 2.45) is 11.8 Å². The third kappa shape index (κ3) is 5.09. The quantitative estimate of drug-likeness (QED) is 0.658. The van der Waals surface area contributed by atoms with E-state index >= 15 is 0 Å². The van der Waals surface area contributed by atoms with E-state index in [2.05, 4.69) is 19.2 Å². The van der Waals surface area contributed by atoms with Crippen LogP contribution in [0.5, 0.6) is 0 Å². The topological polar surface area (TPSA) is 78.9 Å². The van der Waals surface area contributed by atoms with Gasteiger partial charge in [-0.2, -0.15) is 0 Å². The lowest BCUT2D eigenvalue weighted by atomic mass is 10.1. The number of rotatable bonds is 8. The maximum atomic E-state index is 12.2. The number of methoxy groups -OCH3 is 1. The number of likely N-dealkylation sites (tertiary alicyclic amines) is 1. The fraction of sp³-hybridized carbons (Fsp3) is 0.857. The van der Waals surface area contributed by atoms with Gasteiger partial charge in [0, 0.05) is 33.2 Å². The van der Waals surface area contributed by atoms with Crippen molar-refractivity contribution in [3.8, 4) is 0 Å². The van der Waals surface area contributed by atoms with Crippen LogP contribution in [0.2, 0.25) is 0 Å². The van der Waals surface area contributed by atoms with E-state index < -0.39 is 0 Å². The molecule has 1 heterocycles. The van der Waals surface area contributed by atoms with E-state index in [-0.39, 0.29) is 36.8 Å². The molecule has 1 aliphatic heterocycles. The zero-order valence-corrected chi connectivity index (χ0v) is 12.6. The minimum Gasteiger partial charge on any atom is -0.396 e. The summed E-state index contributed by atoms with van der Waals surface area (Å²) >= 11 is 0. The highest BCUT2D eigenvalue weighted by Gasteiger charge is 2.34. The van der Waals surface area contributed by atoms with E-state index in [9.17, 15) is 9.59 Å². The standard InChI is InChI=1S/C14H26N2O4/c1-10(2)7-16-8-11(6-13(16)18)14(19)15-12(4-5-17)9-20-3/h10-12,17H,4-9H2,1-3H3,(H,15,19). The van der Waals surface area contributed by atoms with Crippen LogP contribution in [0.15, 0.2) is 0 Å². The molecule has 2 amide bonds. The molecular weight excluding hydrogens is 260 g/mol. The molecule has 1 rings (SSSR count). The van der Waals surface area contributed by atoms with Crippen LogP contribution < -0.4 is 5.32 Å². The van der Waals surface area contributed by atoms with Gasteiger partial charge in [-0.25, -0.2) is 0 Å². The number of aliphatic hydroxyl groups is 1. The summed E-state index contributed by atoms with van der Waals surface area (Å²) in [4.78, 5) is 25.8. The summed E-state index contributed by atoms with van der Waals surface area (Å²) in [6.07, 6.45) is 0.729. The van der Waals surface area contributed by atoms with Crippen molar-refractivity contribution in [3.05, 3.63) is 0 Å². The SMILES string of the molecule is COCC(CCO)NC(=O)C1CC(=O)N(CC(C)C)C1. The van der Waals surface area contributed by atoms with Crippen molar-refractivity contribution in [1.29, 1.82) is 0 Å². The molecule has 0 aromatic heterocycles. The van der Waals surface area contributed by atoms with E-state index in [0.717, 1.165) is 0 Å². The van der Waals surface area contributed by atoms with Gasteiger partial charge in [0.2, 0.25) is 11.8 Å². The van der Waals surface area contributed by atoms with Gasteiger partial charge < -0.3 is 20.1 Å². The number of ether oxygens (including phenoxy) is 1. The van der Waals surface area contributed by atoms with E-state index in [1.54, 1.807) is 12.0 Å². The second kappa shape index (κ2) is 8.21. The van der Waals surface area contributed by atoms with Gasteiger partial charge in [-0.3, -0.25) is 9.59 Å². The maximum absolute atomic E-state index is 12.2. The average molecular weight is 286 g/mol. The number of carbonyl (C=O) groups is 2. The largest absolute Gasteiger partial charge is 0.396 e. The van der Waals surface area contributed by atoms with E-state index in [1.807, 2.05) is 0 Å². The molecule has 0 bridgehead atoms. The molecule has 0 aliphatic carbocycles. The monoisotopic (exact) mass is 286 g/mol. The van der Waals surface area contributed by atoms with Gasteiger partial charge in [-0.1, -0.05) is 13.8 Å². The summed E-state index contributed by atoms with van der Waals surface area (Å²) in [7, 11) is 1.56. The molecule has 116 valence electrons. The first-order chi connectivity index (χ1) is 9.47. The Labute approximate surface area is 120 Å². The summed E-state index contributed by atoms with van der Waals surface area (Å²) in [6.45, 7) is 5.65. The first kappa shape index (κ1) is 16.9. The first-order valence-corrected chi connectivity index (χ1v) is 7.15. The summed E-state index contributed by atoms with van der Waals surface area (Å²) in [5.74, 6) is 0.0279. The van der Waals surface area contributed by atoms with Crippen LogP contribution in [0.25, 0.3) is 0 Å². The third-order valence-corrected chi connectivity index (χ3v) is 3.36. The lowest BCUT2D eigenvalue weighted by molar-refractivity contribution is -0.129. The number of nitrogens with one attached hydrogen (secondary N) is 1. The molecule has 6 nitrogen and oxygen atoms in total. The van der Waals surface area contributed by atoms with Crippen LogP contribution >= 0.6 is 0 Å². The van der Waals surface area contributed by atoms with Crippen LogP contribution in [0.1, 0.15) is 26.7 Å². The summed E-state index contributed by atoms with van der Waals surface area (Å²) < 4.78 is 5.01. The molecule has 1 aliphatic rings. The highest BCUT2D eigenvalue weighted by Crippen LogP contribution is 2.19. The Kier molecular flexibility index (Phi) is 6.95. The average Bonchev–Trinajstić information content (AvgIpc) is 2.71. The van der Waals surface area contributed by atoms with Crippen molar-refractivity contribution in [2.75, 3.05) is 33.4 Å². The Hall–Kier alpha value is -1.14. The summed E-state index contributed by atoms with van der Waals surface area (Å²) in [5, 5.41) is 11.8. The van der Waals surface area contributed by atoms with Gasteiger partial charge in [0.05, 0.1) is 18.6 Å². The molecule has 20 heavy (non-hydrogen) atoms. The normalized spacial score (nSPS) is 20.6. The highest BCUT2D eigenvalue weighted by molar-refractivity contribution is 5.89. The van der Waals surface area contributed by atoms with Gasteiger partial charge in [-0.15, -0.1) is 0 Å². The Bertz CT molecular complexity index is 327. The van der Waals surface area contributed by atoms with Crippen LogP contribution in [0, 0.1) is 11.8 Å². The number of nitrogens with zero attached hydrogens (tertiary/aromatic N) is 1. The Morgan fingerprint density at radius 3 is 2.80 bits per heavy atom. The Morgan fingerprint density at radius 2 is 2.25 bits per heavy atom. The molecule has 0 saturated carbocycles. The minimum atomic E-state index is -0.292. The third-order valence-electron chi connectivity index (χ3n) is 3.36.